The quantitative estimate of drug-likeness (QED) is 0.448. The van der Waals surface area contributed by atoms with Crippen molar-refractivity contribution in [2.24, 2.45) is 0 Å². The number of carboxylic acid groups (broad SMARTS) is 1. The van der Waals surface area contributed by atoms with Crippen LogP contribution in [0.25, 0.3) is 6.08 Å². The average molecular weight is 311 g/mol. The molecule has 0 radical (unpaired) electrons. The molecule has 1 amide bonds. The molecule has 0 bridgehead atoms. The second kappa shape index (κ2) is 8.21. The summed E-state index contributed by atoms with van der Waals surface area (Å²) in [5.74, 6) is -1.52. The van der Waals surface area contributed by atoms with Gasteiger partial charge in [-0.05, 0) is 42.2 Å². The van der Waals surface area contributed by atoms with Gasteiger partial charge in [0, 0.05) is 6.08 Å². The first-order valence-corrected chi connectivity index (χ1v) is 7.55. The maximum atomic E-state index is 11.7. The van der Waals surface area contributed by atoms with Crippen LogP contribution in [0.1, 0.15) is 12.0 Å². The molecule has 1 aromatic carbocycles. The third-order valence-corrected chi connectivity index (χ3v) is 3.30. The Balaban J connectivity index is 2.64. The number of aliphatic carboxylic acids is 1. The number of benzene rings is 1. The van der Waals surface area contributed by atoms with E-state index in [1.165, 1.54) is 42.1 Å². The minimum absolute atomic E-state index is 0.250. The second-order valence-electron chi connectivity index (χ2n) is 4.26. The molecule has 6 nitrogen and oxygen atoms in total. The lowest BCUT2D eigenvalue weighted by Crippen LogP contribution is -2.40. The number of carboxylic acids is 1. The van der Waals surface area contributed by atoms with Gasteiger partial charge in [-0.15, -0.1) is 0 Å². The molecule has 0 saturated carbocycles. The third kappa shape index (κ3) is 5.78. The number of phenolic OH excluding ortho intramolecular Hbond substituents is 2. The fourth-order valence-electron chi connectivity index (χ4n) is 1.53. The van der Waals surface area contributed by atoms with E-state index in [0.717, 1.165) is 0 Å². The van der Waals surface area contributed by atoms with Crippen LogP contribution in [0.3, 0.4) is 0 Å². The van der Waals surface area contributed by atoms with Gasteiger partial charge < -0.3 is 20.6 Å². The zero-order chi connectivity index (χ0) is 15.8. The summed E-state index contributed by atoms with van der Waals surface area (Å²) >= 11 is 1.50. The van der Waals surface area contributed by atoms with Gasteiger partial charge in [0.25, 0.3) is 0 Å². The number of amides is 1. The molecule has 114 valence electrons. The van der Waals surface area contributed by atoms with Gasteiger partial charge in [0.2, 0.25) is 5.91 Å². The van der Waals surface area contributed by atoms with Gasteiger partial charge in [-0.2, -0.15) is 11.8 Å². The van der Waals surface area contributed by atoms with Crippen molar-refractivity contribution in [3.63, 3.8) is 0 Å². The number of carbonyl (C=O) groups is 2. The van der Waals surface area contributed by atoms with Crippen molar-refractivity contribution in [2.75, 3.05) is 12.0 Å². The van der Waals surface area contributed by atoms with Crippen molar-refractivity contribution in [2.45, 2.75) is 12.5 Å². The van der Waals surface area contributed by atoms with Crippen molar-refractivity contribution in [1.82, 2.24) is 5.32 Å². The largest absolute Gasteiger partial charge is 0.504 e. The number of phenols is 2. The van der Waals surface area contributed by atoms with E-state index in [1.54, 1.807) is 0 Å². The Hall–Kier alpha value is -2.15. The molecule has 0 spiro atoms. The van der Waals surface area contributed by atoms with E-state index in [9.17, 15) is 14.7 Å². The molecule has 0 aliphatic rings. The number of aromatic hydroxyl groups is 2. The average Bonchev–Trinajstić information content (AvgIpc) is 2.44. The highest BCUT2D eigenvalue weighted by atomic mass is 32.2. The molecule has 4 N–H and O–H groups in total. The highest BCUT2D eigenvalue weighted by Crippen LogP contribution is 2.25. The van der Waals surface area contributed by atoms with Gasteiger partial charge >= 0.3 is 5.97 Å². The molecule has 1 aromatic rings. The summed E-state index contributed by atoms with van der Waals surface area (Å²) in [5, 5.41) is 29.9. The lowest BCUT2D eigenvalue weighted by Gasteiger charge is -2.12. The first-order chi connectivity index (χ1) is 9.93. The normalized spacial score (nSPS) is 12.2. The first kappa shape index (κ1) is 16.9. The van der Waals surface area contributed by atoms with Crippen molar-refractivity contribution in [3.8, 4) is 11.5 Å². The number of hydrogen-bond acceptors (Lipinski definition) is 5. The van der Waals surface area contributed by atoms with Crippen LogP contribution in [0.5, 0.6) is 11.5 Å². The van der Waals surface area contributed by atoms with Gasteiger partial charge in [0.05, 0.1) is 0 Å². The number of rotatable bonds is 7. The number of nitrogens with one attached hydrogen (secondary N) is 1. The standard InChI is InChI=1S/C14H17NO5S/c1-21-7-6-10(14(19)20)15-13(18)5-3-9-2-4-11(16)12(17)8-9/h2-5,8,10,16-17H,6-7H2,1H3,(H,15,18)(H,19,20)/b5-3+/t10-/m0/s1. The fourth-order valence-corrected chi connectivity index (χ4v) is 2.00. The Morgan fingerprint density at radius 2 is 2.05 bits per heavy atom. The van der Waals surface area contributed by atoms with Crippen molar-refractivity contribution < 1.29 is 24.9 Å². The van der Waals surface area contributed by atoms with E-state index in [-0.39, 0.29) is 11.5 Å². The van der Waals surface area contributed by atoms with Crippen LogP contribution < -0.4 is 5.32 Å². The summed E-state index contributed by atoms with van der Waals surface area (Å²) < 4.78 is 0. The minimum atomic E-state index is -1.08. The molecule has 0 heterocycles. The van der Waals surface area contributed by atoms with Crippen LogP contribution in [-0.2, 0) is 9.59 Å². The van der Waals surface area contributed by atoms with Crippen molar-refractivity contribution in [1.29, 1.82) is 0 Å². The molecule has 0 aliphatic heterocycles. The summed E-state index contributed by atoms with van der Waals surface area (Å²) in [6, 6.07) is 3.18. The maximum absolute atomic E-state index is 11.7. The summed E-state index contributed by atoms with van der Waals surface area (Å²) in [6.07, 6.45) is 4.80. The monoisotopic (exact) mass is 311 g/mol. The van der Waals surface area contributed by atoms with Crippen LogP contribution in [0.15, 0.2) is 24.3 Å². The Bertz CT molecular complexity index is 544. The lowest BCUT2D eigenvalue weighted by molar-refractivity contribution is -0.141. The predicted octanol–water partition coefficient (Wildman–Crippen LogP) is 1.43. The Labute approximate surface area is 126 Å². The number of carbonyl (C=O) groups excluding carboxylic acids is 1. The summed E-state index contributed by atoms with van der Waals surface area (Å²) in [4.78, 5) is 22.7. The van der Waals surface area contributed by atoms with Gasteiger partial charge in [0.1, 0.15) is 6.04 Å². The Morgan fingerprint density at radius 1 is 1.33 bits per heavy atom. The topological polar surface area (TPSA) is 107 Å². The molecular formula is C14H17NO5S. The van der Waals surface area contributed by atoms with Crippen LogP contribution in [0, 0.1) is 0 Å². The Kier molecular flexibility index (Phi) is 6.61. The summed E-state index contributed by atoms with van der Waals surface area (Å²) in [7, 11) is 0. The van der Waals surface area contributed by atoms with E-state index in [2.05, 4.69) is 5.32 Å². The Morgan fingerprint density at radius 3 is 2.62 bits per heavy atom. The summed E-state index contributed by atoms with van der Waals surface area (Å²) in [5.41, 5.74) is 0.511. The van der Waals surface area contributed by atoms with Crippen LogP contribution in [0.2, 0.25) is 0 Å². The van der Waals surface area contributed by atoms with Gasteiger partial charge in [-0.1, -0.05) is 6.07 Å². The maximum Gasteiger partial charge on any atom is 0.326 e. The van der Waals surface area contributed by atoms with Gasteiger partial charge in [0.15, 0.2) is 11.5 Å². The molecule has 1 rings (SSSR count). The SMILES string of the molecule is CSCC[C@H](NC(=O)/C=C/c1ccc(O)c(O)c1)C(=O)O. The highest BCUT2D eigenvalue weighted by Gasteiger charge is 2.17. The van der Waals surface area contributed by atoms with Gasteiger partial charge in [-0.3, -0.25) is 4.79 Å². The summed E-state index contributed by atoms with van der Waals surface area (Å²) in [6.45, 7) is 0. The molecular weight excluding hydrogens is 294 g/mol. The van der Waals surface area contributed by atoms with Crippen molar-refractivity contribution in [3.05, 3.63) is 29.8 Å². The van der Waals surface area contributed by atoms with Gasteiger partial charge in [-0.25, -0.2) is 4.79 Å². The molecule has 0 unspecified atom stereocenters. The lowest BCUT2D eigenvalue weighted by atomic mass is 10.2. The molecule has 0 fully saturated rings. The van der Waals surface area contributed by atoms with E-state index in [1.807, 2.05) is 6.26 Å². The van der Waals surface area contributed by atoms with Crippen LogP contribution in [-0.4, -0.2) is 45.2 Å². The molecule has 1 atom stereocenters. The molecule has 7 heteroatoms. The van der Waals surface area contributed by atoms with Crippen LogP contribution >= 0.6 is 11.8 Å². The van der Waals surface area contributed by atoms with Crippen molar-refractivity contribution >= 4 is 29.7 Å². The van der Waals surface area contributed by atoms with E-state index < -0.39 is 17.9 Å². The van der Waals surface area contributed by atoms with Crippen LogP contribution in [0.4, 0.5) is 0 Å². The zero-order valence-corrected chi connectivity index (χ0v) is 12.3. The van der Waals surface area contributed by atoms with E-state index in [0.29, 0.717) is 17.7 Å². The fraction of sp³-hybridized carbons (Fsp3) is 0.286. The number of thioether (sulfide) groups is 1. The van der Waals surface area contributed by atoms with E-state index in [4.69, 9.17) is 10.2 Å². The number of hydrogen-bond donors (Lipinski definition) is 4. The van der Waals surface area contributed by atoms with E-state index >= 15 is 0 Å². The molecule has 0 saturated heterocycles. The molecule has 21 heavy (non-hydrogen) atoms. The molecule has 0 aliphatic carbocycles. The first-order valence-electron chi connectivity index (χ1n) is 6.16. The second-order valence-corrected chi connectivity index (χ2v) is 5.25. The third-order valence-electron chi connectivity index (χ3n) is 2.65. The highest BCUT2D eigenvalue weighted by molar-refractivity contribution is 7.98. The minimum Gasteiger partial charge on any atom is -0.504 e. The molecule has 0 aromatic heterocycles. The zero-order valence-electron chi connectivity index (χ0n) is 11.4. The predicted molar refractivity (Wildman–Crippen MR) is 81.4 cm³/mol. The smallest absolute Gasteiger partial charge is 0.326 e.